The van der Waals surface area contributed by atoms with Crippen LogP contribution < -0.4 is 5.32 Å². The van der Waals surface area contributed by atoms with E-state index in [0.29, 0.717) is 17.7 Å². The van der Waals surface area contributed by atoms with Crippen LogP contribution in [0.1, 0.15) is 16.1 Å². The molecule has 0 bridgehead atoms. The Balaban J connectivity index is 2.00. The van der Waals surface area contributed by atoms with Crippen molar-refractivity contribution >= 4 is 17.6 Å². The summed E-state index contributed by atoms with van der Waals surface area (Å²) in [6.07, 6.45) is 0.370. The van der Waals surface area contributed by atoms with E-state index in [9.17, 15) is 9.59 Å². The number of carboxylic acids is 1. The molecular formula is C12H8N2O4. The van der Waals surface area contributed by atoms with Gasteiger partial charge in [0.05, 0.1) is 6.42 Å². The SMILES string of the molecule is O=C1Cc2ccc(-c3cc(C(=O)O)on3)cc2N1. The van der Waals surface area contributed by atoms with E-state index in [1.165, 1.54) is 6.07 Å². The number of carbonyl (C=O) groups excluding carboxylic acids is 1. The Morgan fingerprint density at radius 3 is 2.94 bits per heavy atom. The van der Waals surface area contributed by atoms with Crippen molar-refractivity contribution in [1.29, 1.82) is 0 Å². The number of fused-ring (bicyclic) bond motifs is 1. The van der Waals surface area contributed by atoms with Crippen molar-refractivity contribution in [3.05, 3.63) is 35.6 Å². The van der Waals surface area contributed by atoms with Crippen LogP contribution in [-0.4, -0.2) is 22.1 Å². The quantitative estimate of drug-likeness (QED) is 0.835. The average Bonchev–Trinajstić information content (AvgIpc) is 2.91. The van der Waals surface area contributed by atoms with Crippen molar-refractivity contribution in [2.24, 2.45) is 0 Å². The molecule has 18 heavy (non-hydrogen) atoms. The fraction of sp³-hybridized carbons (Fsp3) is 0.0833. The Bertz CT molecular complexity index is 660. The molecule has 6 heteroatoms. The summed E-state index contributed by atoms with van der Waals surface area (Å²) in [7, 11) is 0. The number of carbonyl (C=O) groups is 2. The molecule has 0 saturated heterocycles. The van der Waals surface area contributed by atoms with Crippen LogP contribution in [0.2, 0.25) is 0 Å². The zero-order valence-corrected chi connectivity index (χ0v) is 9.14. The lowest BCUT2D eigenvalue weighted by molar-refractivity contribution is -0.115. The predicted molar refractivity (Wildman–Crippen MR) is 61.2 cm³/mol. The molecule has 1 aliphatic heterocycles. The summed E-state index contributed by atoms with van der Waals surface area (Å²) in [5.41, 5.74) is 2.78. The molecule has 1 aromatic carbocycles. The Morgan fingerprint density at radius 2 is 2.22 bits per heavy atom. The number of benzene rings is 1. The highest BCUT2D eigenvalue weighted by atomic mass is 16.5. The fourth-order valence-corrected chi connectivity index (χ4v) is 1.89. The Morgan fingerprint density at radius 1 is 1.39 bits per heavy atom. The van der Waals surface area contributed by atoms with Gasteiger partial charge in [0.25, 0.3) is 0 Å². The minimum absolute atomic E-state index is 0.0477. The normalized spacial score (nSPS) is 13.2. The molecule has 0 radical (unpaired) electrons. The van der Waals surface area contributed by atoms with Crippen LogP contribution in [0.5, 0.6) is 0 Å². The van der Waals surface area contributed by atoms with Crippen molar-refractivity contribution in [3.8, 4) is 11.3 Å². The first-order valence-electron chi connectivity index (χ1n) is 5.26. The zero-order valence-electron chi connectivity index (χ0n) is 9.14. The molecule has 0 unspecified atom stereocenters. The van der Waals surface area contributed by atoms with Crippen LogP contribution >= 0.6 is 0 Å². The molecule has 0 aliphatic carbocycles. The van der Waals surface area contributed by atoms with Crippen molar-refractivity contribution < 1.29 is 19.2 Å². The maximum atomic E-state index is 11.2. The summed E-state index contributed by atoms with van der Waals surface area (Å²) in [5.74, 6) is -1.42. The third-order valence-corrected chi connectivity index (χ3v) is 2.75. The molecule has 90 valence electrons. The second kappa shape index (κ2) is 3.69. The van der Waals surface area contributed by atoms with Gasteiger partial charge in [0.2, 0.25) is 11.7 Å². The smallest absolute Gasteiger partial charge is 0.374 e. The Kier molecular flexibility index (Phi) is 2.16. The number of hydrogen-bond acceptors (Lipinski definition) is 4. The molecule has 0 saturated carbocycles. The summed E-state index contributed by atoms with van der Waals surface area (Å²) >= 11 is 0. The lowest BCUT2D eigenvalue weighted by Gasteiger charge is -2.00. The average molecular weight is 244 g/mol. The van der Waals surface area contributed by atoms with Gasteiger partial charge in [0, 0.05) is 17.3 Å². The molecule has 1 aliphatic rings. The molecule has 0 fully saturated rings. The van der Waals surface area contributed by atoms with Crippen LogP contribution in [0, 0.1) is 0 Å². The standard InChI is InChI=1S/C12H8N2O4/c15-11-4-7-2-1-6(3-8(7)13-11)9-5-10(12(16)17)18-14-9/h1-3,5H,4H2,(H,13,15)(H,16,17). The first kappa shape index (κ1) is 10.5. The first-order valence-corrected chi connectivity index (χ1v) is 5.26. The van der Waals surface area contributed by atoms with Gasteiger partial charge in [0.1, 0.15) is 5.69 Å². The minimum atomic E-state index is -1.16. The van der Waals surface area contributed by atoms with Gasteiger partial charge in [-0.15, -0.1) is 0 Å². The van der Waals surface area contributed by atoms with Gasteiger partial charge in [-0.2, -0.15) is 0 Å². The van der Waals surface area contributed by atoms with Gasteiger partial charge >= 0.3 is 5.97 Å². The summed E-state index contributed by atoms with van der Waals surface area (Å²) in [4.78, 5) is 21.9. The fourth-order valence-electron chi connectivity index (χ4n) is 1.89. The van der Waals surface area contributed by atoms with Gasteiger partial charge in [-0.1, -0.05) is 17.3 Å². The lowest BCUT2D eigenvalue weighted by atomic mass is 10.1. The highest BCUT2D eigenvalue weighted by molar-refractivity contribution is 6.00. The van der Waals surface area contributed by atoms with Gasteiger partial charge in [0.15, 0.2) is 0 Å². The monoisotopic (exact) mass is 244 g/mol. The summed E-state index contributed by atoms with van der Waals surface area (Å²) < 4.78 is 4.68. The number of nitrogens with zero attached hydrogens (tertiary/aromatic N) is 1. The number of anilines is 1. The van der Waals surface area contributed by atoms with E-state index in [2.05, 4.69) is 15.0 Å². The Labute approximate surface area is 101 Å². The van der Waals surface area contributed by atoms with E-state index in [4.69, 9.17) is 5.11 Å². The van der Waals surface area contributed by atoms with E-state index in [-0.39, 0.29) is 11.7 Å². The van der Waals surface area contributed by atoms with Crippen LogP contribution in [-0.2, 0) is 11.2 Å². The maximum absolute atomic E-state index is 11.2. The number of aromatic carboxylic acids is 1. The zero-order chi connectivity index (χ0) is 12.7. The molecule has 1 amide bonds. The van der Waals surface area contributed by atoms with Crippen LogP contribution in [0.4, 0.5) is 5.69 Å². The highest BCUT2D eigenvalue weighted by Crippen LogP contribution is 2.29. The largest absolute Gasteiger partial charge is 0.475 e. The number of rotatable bonds is 2. The molecule has 2 aromatic rings. The molecule has 2 heterocycles. The third-order valence-electron chi connectivity index (χ3n) is 2.75. The second-order valence-electron chi connectivity index (χ2n) is 3.98. The summed E-state index contributed by atoms with van der Waals surface area (Å²) in [6.45, 7) is 0. The molecular weight excluding hydrogens is 236 g/mol. The van der Waals surface area contributed by atoms with Crippen molar-refractivity contribution in [2.75, 3.05) is 5.32 Å². The van der Waals surface area contributed by atoms with Gasteiger partial charge in [-0.3, -0.25) is 4.79 Å². The second-order valence-corrected chi connectivity index (χ2v) is 3.98. The van der Waals surface area contributed by atoms with Gasteiger partial charge in [-0.25, -0.2) is 4.79 Å². The van der Waals surface area contributed by atoms with Crippen molar-refractivity contribution in [2.45, 2.75) is 6.42 Å². The van der Waals surface area contributed by atoms with Crippen LogP contribution in [0.25, 0.3) is 11.3 Å². The topological polar surface area (TPSA) is 92.4 Å². The third kappa shape index (κ3) is 1.64. The number of amides is 1. The van der Waals surface area contributed by atoms with E-state index in [0.717, 1.165) is 11.3 Å². The predicted octanol–water partition coefficient (Wildman–Crippen LogP) is 1.53. The molecule has 6 nitrogen and oxygen atoms in total. The molecule has 0 atom stereocenters. The van der Waals surface area contributed by atoms with Crippen LogP contribution in [0.3, 0.4) is 0 Å². The molecule has 3 rings (SSSR count). The Hall–Kier alpha value is -2.63. The van der Waals surface area contributed by atoms with Crippen molar-refractivity contribution in [1.82, 2.24) is 5.16 Å². The minimum Gasteiger partial charge on any atom is -0.475 e. The molecule has 2 N–H and O–H groups in total. The first-order chi connectivity index (χ1) is 8.63. The van der Waals surface area contributed by atoms with Gasteiger partial charge < -0.3 is 14.9 Å². The molecule has 0 spiro atoms. The van der Waals surface area contributed by atoms with Crippen molar-refractivity contribution in [3.63, 3.8) is 0 Å². The summed E-state index contributed by atoms with van der Waals surface area (Å²) in [5, 5.41) is 15.2. The number of hydrogen-bond donors (Lipinski definition) is 2. The van der Waals surface area contributed by atoms with Gasteiger partial charge in [-0.05, 0) is 11.6 Å². The maximum Gasteiger partial charge on any atom is 0.374 e. The van der Waals surface area contributed by atoms with E-state index in [1.807, 2.05) is 6.07 Å². The van der Waals surface area contributed by atoms with E-state index < -0.39 is 5.97 Å². The highest BCUT2D eigenvalue weighted by Gasteiger charge is 2.19. The summed E-state index contributed by atoms with van der Waals surface area (Å²) in [6, 6.07) is 6.70. The number of nitrogens with one attached hydrogen (secondary N) is 1. The molecule has 1 aromatic heterocycles. The number of aromatic nitrogens is 1. The lowest BCUT2D eigenvalue weighted by Crippen LogP contribution is -2.03. The number of carboxylic acid groups (broad SMARTS) is 1. The van der Waals surface area contributed by atoms with Crippen LogP contribution in [0.15, 0.2) is 28.8 Å². The van der Waals surface area contributed by atoms with E-state index in [1.54, 1.807) is 12.1 Å². The van der Waals surface area contributed by atoms with E-state index >= 15 is 0 Å².